The van der Waals surface area contributed by atoms with Gasteiger partial charge in [0.15, 0.2) is 0 Å². The Bertz CT molecular complexity index is 7070. The highest BCUT2D eigenvalue weighted by molar-refractivity contribution is 6.22. The first-order valence-electron chi connectivity index (χ1n) is 35.1. The predicted molar refractivity (Wildman–Crippen MR) is 430 cm³/mol. The van der Waals surface area contributed by atoms with Gasteiger partial charge in [-0.2, -0.15) is 0 Å². The molecule has 0 aliphatic rings. The van der Waals surface area contributed by atoms with Crippen LogP contribution in [0.2, 0.25) is 0 Å². The molecule has 16 aromatic carbocycles. The van der Waals surface area contributed by atoms with Crippen LogP contribution in [-0.4, -0.2) is 27.4 Å². The van der Waals surface area contributed by atoms with Crippen molar-refractivity contribution in [1.29, 1.82) is 0 Å². The van der Waals surface area contributed by atoms with Crippen molar-refractivity contribution < 1.29 is 0 Å². The van der Waals surface area contributed by atoms with Crippen molar-refractivity contribution in [1.82, 2.24) is 27.4 Å². The Kier molecular flexibility index (Phi) is 12.9. The van der Waals surface area contributed by atoms with E-state index in [1.165, 1.54) is 164 Å². The highest BCUT2D eigenvalue weighted by Gasteiger charge is 2.23. The fourth-order valence-electron chi connectivity index (χ4n) is 16.8. The van der Waals surface area contributed by atoms with E-state index in [1.807, 2.05) is 0 Å². The van der Waals surface area contributed by atoms with Crippen LogP contribution >= 0.6 is 0 Å². The van der Waals surface area contributed by atoms with Crippen LogP contribution in [0.1, 0.15) is 0 Å². The van der Waals surface area contributed by atoms with E-state index in [0.29, 0.717) is 0 Å². The highest BCUT2D eigenvalue weighted by Crippen LogP contribution is 2.45. The zero-order chi connectivity index (χ0) is 66.9. The molecule has 102 heavy (non-hydrogen) atoms. The minimum Gasteiger partial charge on any atom is -0.309 e. The predicted octanol–water partition coefficient (Wildman–Crippen LogP) is 25.3. The first kappa shape index (κ1) is 57.4. The third-order valence-electron chi connectivity index (χ3n) is 21.2. The topological polar surface area (TPSA) is 29.6 Å². The molecule has 6 heteroatoms. The molecule has 6 heterocycles. The summed E-state index contributed by atoms with van der Waals surface area (Å²) >= 11 is 0. The molecule has 6 aromatic heterocycles. The van der Waals surface area contributed by atoms with Gasteiger partial charge in [0.1, 0.15) is 0 Å². The normalized spacial score (nSPS) is 11.9. The number of hydrogen-bond donors (Lipinski definition) is 0. The minimum atomic E-state index is 1.15. The molecule has 0 bridgehead atoms. The molecular formula is C96H62N6. The summed E-state index contributed by atoms with van der Waals surface area (Å²) in [5.41, 5.74) is 26.2. The van der Waals surface area contributed by atoms with E-state index < -0.39 is 0 Å². The van der Waals surface area contributed by atoms with Crippen LogP contribution < -0.4 is 0 Å². The minimum absolute atomic E-state index is 1.15. The molecule has 0 radical (unpaired) electrons. The van der Waals surface area contributed by atoms with Crippen molar-refractivity contribution >= 4 is 131 Å². The summed E-state index contributed by atoms with van der Waals surface area (Å²) in [6, 6.07) is 137. The molecule has 0 unspecified atom stereocenters. The van der Waals surface area contributed by atoms with Gasteiger partial charge in [0.05, 0.1) is 66.2 Å². The van der Waals surface area contributed by atoms with Crippen LogP contribution in [-0.2, 0) is 0 Å². The first-order valence-corrected chi connectivity index (χ1v) is 35.1. The van der Waals surface area contributed by atoms with Crippen molar-refractivity contribution in [2.24, 2.45) is 0 Å². The van der Waals surface area contributed by atoms with Crippen molar-refractivity contribution in [3.8, 4) is 56.4 Å². The van der Waals surface area contributed by atoms with E-state index >= 15 is 0 Å². The number of hydrogen-bond acceptors (Lipinski definition) is 0. The van der Waals surface area contributed by atoms with Crippen LogP contribution in [0.4, 0.5) is 0 Å². The third-order valence-corrected chi connectivity index (χ3v) is 21.2. The molecule has 0 saturated carbocycles. The maximum atomic E-state index is 2.44. The maximum absolute atomic E-state index is 2.44. The summed E-state index contributed by atoms with van der Waals surface area (Å²) in [5.74, 6) is 0. The Balaban J connectivity index is 0.000000133. The summed E-state index contributed by atoms with van der Waals surface area (Å²) in [4.78, 5) is 0. The lowest BCUT2D eigenvalue weighted by molar-refractivity contribution is 1.16. The summed E-state index contributed by atoms with van der Waals surface area (Å²) in [6.45, 7) is 0. The van der Waals surface area contributed by atoms with Gasteiger partial charge in [0, 0.05) is 98.8 Å². The maximum Gasteiger partial charge on any atom is 0.0562 e. The van der Waals surface area contributed by atoms with E-state index in [9.17, 15) is 0 Å². The molecule has 6 nitrogen and oxygen atoms in total. The molecule has 0 spiro atoms. The zero-order valence-electron chi connectivity index (χ0n) is 55.5. The van der Waals surface area contributed by atoms with Crippen LogP contribution in [0.3, 0.4) is 0 Å². The number of para-hydroxylation sites is 10. The molecule has 22 rings (SSSR count). The number of aromatic nitrogens is 6. The van der Waals surface area contributed by atoms with Crippen molar-refractivity contribution in [3.63, 3.8) is 0 Å². The summed E-state index contributed by atoms with van der Waals surface area (Å²) in [5, 5.41) is 15.1. The van der Waals surface area contributed by atoms with Gasteiger partial charge in [0.2, 0.25) is 0 Å². The lowest BCUT2D eigenvalue weighted by Gasteiger charge is -2.11. The molecule has 22 aromatic rings. The van der Waals surface area contributed by atoms with Crippen LogP contribution in [0.5, 0.6) is 0 Å². The number of rotatable bonds is 8. The van der Waals surface area contributed by atoms with Gasteiger partial charge in [-0.25, -0.2) is 0 Å². The van der Waals surface area contributed by atoms with Crippen molar-refractivity contribution in [3.05, 3.63) is 376 Å². The zero-order valence-corrected chi connectivity index (χ0v) is 55.5. The number of fused-ring (bicyclic) bond motifs is 18. The molecular weight excluding hydrogens is 1240 g/mol. The molecule has 0 amide bonds. The summed E-state index contributed by atoms with van der Waals surface area (Å²) in [7, 11) is 0. The van der Waals surface area contributed by atoms with Crippen LogP contribution in [0.25, 0.3) is 187 Å². The number of nitrogens with zero attached hydrogens (tertiary/aromatic N) is 6. The molecule has 0 fully saturated rings. The third kappa shape index (κ3) is 8.86. The van der Waals surface area contributed by atoms with E-state index in [-0.39, 0.29) is 0 Å². The lowest BCUT2D eigenvalue weighted by atomic mass is 10.0. The molecule has 0 atom stereocenters. The van der Waals surface area contributed by atoms with E-state index in [1.54, 1.807) is 0 Å². The molecule has 476 valence electrons. The SMILES string of the molecule is c1ccc(-n2c3ccccc3c3cc(-c4ccc5c6cc7c8ccccc8n(-c8ccccc8)c7cc6n(-c6ccccc6)c5c4)ccc32)cc1.c1ccc(-n2c3ccccc3c3ccc(-c4ccc5c6cc7c8ccccc8n(-c8ccccc8)c7cc6n(-c6ccccc6)c5c4)cc32)cc1. The van der Waals surface area contributed by atoms with E-state index in [2.05, 4.69) is 404 Å². The molecule has 0 aliphatic heterocycles. The molecule has 0 saturated heterocycles. The van der Waals surface area contributed by atoms with E-state index in [4.69, 9.17) is 0 Å². The van der Waals surface area contributed by atoms with Gasteiger partial charge >= 0.3 is 0 Å². The van der Waals surface area contributed by atoms with Gasteiger partial charge in [-0.15, -0.1) is 0 Å². The highest BCUT2D eigenvalue weighted by atomic mass is 15.0. The Morgan fingerprint density at radius 1 is 0.108 bits per heavy atom. The van der Waals surface area contributed by atoms with Gasteiger partial charge in [-0.05, 0) is 174 Å². The van der Waals surface area contributed by atoms with Crippen molar-refractivity contribution in [2.45, 2.75) is 0 Å². The Morgan fingerprint density at radius 2 is 0.294 bits per heavy atom. The van der Waals surface area contributed by atoms with Gasteiger partial charge in [-0.3, -0.25) is 0 Å². The van der Waals surface area contributed by atoms with Crippen LogP contribution in [0, 0.1) is 0 Å². The average molecular weight is 1300 g/mol. The monoisotopic (exact) mass is 1300 g/mol. The summed E-state index contributed by atoms with van der Waals surface area (Å²) < 4.78 is 14.5. The second-order valence-corrected chi connectivity index (χ2v) is 26.8. The van der Waals surface area contributed by atoms with Crippen molar-refractivity contribution in [2.75, 3.05) is 0 Å². The second kappa shape index (κ2) is 23.0. The van der Waals surface area contributed by atoms with Gasteiger partial charge < -0.3 is 27.4 Å². The second-order valence-electron chi connectivity index (χ2n) is 26.8. The Morgan fingerprint density at radius 3 is 0.598 bits per heavy atom. The Labute approximate surface area is 587 Å². The Hall–Kier alpha value is -13.7. The first-order chi connectivity index (χ1) is 50.6. The number of benzene rings is 16. The van der Waals surface area contributed by atoms with Gasteiger partial charge in [-0.1, -0.05) is 224 Å². The van der Waals surface area contributed by atoms with E-state index in [0.717, 1.165) is 22.7 Å². The fourth-order valence-corrected chi connectivity index (χ4v) is 16.8. The smallest absolute Gasteiger partial charge is 0.0562 e. The van der Waals surface area contributed by atoms with Gasteiger partial charge in [0.25, 0.3) is 0 Å². The largest absolute Gasteiger partial charge is 0.309 e. The lowest BCUT2D eigenvalue weighted by Crippen LogP contribution is -1.95. The van der Waals surface area contributed by atoms with Crippen LogP contribution in [0.15, 0.2) is 376 Å². The quantitative estimate of drug-likeness (QED) is 0.145. The average Bonchev–Trinajstić information content (AvgIpc) is 1.56. The standard InChI is InChI=1S/2C48H31N3/c1-4-14-34(15-5-1)49-43-22-12-10-20-37(43)40-28-32(25-27-45(40)49)33-24-26-39-42-30-41-38-21-11-13-23-44(38)50(35-16-6-2-7-17-35)47(41)31-48(42)51(46(39)29-33)36-18-8-3-9-19-36;1-4-14-34(15-5-1)49-43-22-12-10-20-37(43)39-26-24-32(28-45(39)49)33-25-27-40-42-30-41-38-21-11-13-23-44(38)50(35-16-6-2-7-17-35)47(41)31-48(42)51(46(40)29-33)36-18-8-3-9-19-36/h2*1-31H. The molecule has 0 aliphatic carbocycles. The molecule has 0 N–H and O–H groups in total. The summed E-state index contributed by atoms with van der Waals surface area (Å²) in [6.07, 6.45) is 0. The fraction of sp³-hybridized carbons (Fsp3) is 0.